The van der Waals surface area contributed by atoms with Gasteiger partial charge in [-0.1, -0.05) is 54.6 Å². The summed E-state index contributed by atoms with van der Waals surface area (Å²) in [4.78, 5) is 23.9. The fourth-order valence-corrected chi connectivity index (χ4v) is 2.79. The molecule has 0 fully saturated rings. The molecule has 0 aromatic heterocycles. The molecule has 1 heterocycles. The Kier molecular flexibility index (Phi) is 5.19. The Morgan fingerprint density at radius 3 is 2.38 bits per heavy atom. The van der Waals surface area contributed by atoms with E-state index in [1.165, 1.54) is 12.2 Å². The van der Waals surface area contributed by atoms with E-state index in [1.807, 2.05) is 54.6 Å². The maximum atomic E-state index is 12.4. The van der Waals surface area contributed by atoms with Crippen LogP contribution < -0.4 is 0 Å². The lowest BCUT2D eigenvalue weighted by Gasteiger charge is -2.33. The fraction of sp³-hybridized carbons (Fsp3) is 0.238. The first-order valence-corrected chi connectivity index (χ1v) is 8.43. The van der Waals surface area contributed by atoms with Gasteiger partial charge in [0.1, 0.15) is 0 Å². The number of hydrogen-bond acceptors (Lipinski definition) is 5. The highest BCUT2D eigenvalue weighted by Gasteiger charge is 2.40. The van der Waals surface area contributed by atoms with Gasteiger partial charge in [0.2, 0.25) is 6.29 Å². The van der Waals surface area contributed by atoms with Crippen LogP contribution in [0.3, 0.4) is 0 Å². The quantitative estimate of drug-likeness (QED) is 0.771. The molecular formula is C21H20O5. The van der Waals surface area contributed by atoms with Crippen molar-refractivity contribution in [2.75, 3.05) is 6.61 Å². The summed E-state index contributed by atoms with van der Waals surface area (Å²) in [7, 11) is 0. The van der Waals surface area contributed by atoms with E-state index in [-0.39, 0.29) is 12.4 Å². The average Bonchev–Trinajstić information content (AvgIpc) is 2.66. The highest BCUT2D eigenvalue weighted by atomic mass is 16.8. The highest BCUT2D eigenvalue weighted by molar-refractivity contribution is 5.98. The first kappa shape index (κ1) is 17.9. The smallest absolute Gasteiger partial charge is 0.435 e. The molecule has 26 heavy (non-hydrogen) atoms. The van der Waals surface area contributed by atoms with Crippen molar-refractivity contribution in [1.82, 2.24) is 0 Å². The zero-order valence-electron chi connectivity index (χ0n) is 14.7. The van der Waals surface area contributed by atoms with Crippen LogP contribution in [-0.2, 0) is 24.6 Å². The van der Waals surface area contributed by atoms with Crippen LogP contribution >= 0.6 is 0 Å². The lowest BCUT2D eigenvalue weighted by molar-refractivity contribution is -0.182. The third-order valence-corrected chi connectivity index (χ3v) is 4.24. The lowest BCUT2D eigenvalue weighted by Crippen LogP contribution is -2.42. The van der Waals surface area contributed by atoms with Crippen LogP contribution in [0.5, 0.6) is 0 Å². The molecule has 2 atom stereocenters. The molecule has 2 aromatic carbocycles. The van der Waals surface area contributed by atoms with E-state index in [1.54, 1.807) is 13.8 Å². The van der Waals surface area contributed by atoms with Crippen LogP contribution in [0.1, 0.15) is 19.4 Å². The van der Waals surface area contributed by atoms with Gasteiger partial charge in [0.05, 0.1) is 6.61 Å². The number of benzene rings is 2. The third-order valence-electron chi connectivity index (χ3n) is 4.24. The summed E-state index contributed by atoms with van der Waals surface area (Å²) in [5, 5.41) is 0. The maximum absolute atomic E-state index is 12.4. The molecule has 0 aliphatic carbocycles. The molecule has 5 nitrogen and oxygen atoms in total. The van der Waals surface area contributed by atoms with Gasteiger partial charge in [-0.15, -0.1) is 0 Å². The molecule has 0 N–H and O–H groups in total. The summed E-state index contributed by atoms with van der Waals surface area (Å²) in [5.74, 6) is -0.214. The second-order valence-corrected chi connectivity index (χ2v) is 5.99. The summed E-state index contributed by atoms with van der Waals surface area (Å²) >= 11 is 0. The first-order valence-electron chi connectivity index (χ1n) is 8.43. The largest absolute Gasteiger partial charge is 0.510 e. The Morgan fingerprint density at radius 1 is 1.08 bits per heavy atom. The van der Waals surface area contributed by atoms with E-state index in [0.717, 1.165) is 11.1 Å². The van der Waals surface area contributed by atoms with Crippen LogP contribution in [0.2, 0.25) is 0 Å². The van der Waals surface area contributed by atoms with Gasteiger partial charge in [-0.2, -0.15) is 0 Å². The third kappa shape index (κ3) is 3.68. The minimum absolute atomic E-state index is 0.201. The normalized spacial score (nSPS) is 22.1. The lowest BCUT2D eigenvalue weighted by atomic mass is 9.88. The summed E-state index contributed by atoms with van der Waals surface area (Å²) in [5.41, 5.74) is 1.57. The fourth-order valence-electron chi connectivity index (χ4n) is 2.79. The van der Waals surface area contributed by atoms with Gasteiger partial charge in [0, 0.05) is 0 Å². The highest BCUT2D eigenvalue weighted by Crippen LogP contribution is 2.33. The van der Waals surface area contributed by atoms with E-state index < -0.39 is 18.0 Å². The molecule has 0 amide bonds. The molecule has 1 aliphatic heterocycles. The van der Waals surface area contributed by atoms with E-state index in [0.29, 0.717) is 5.56 Å². The molecule has 2 aromatic rings. The maximum Gasteiger partial charge on any atom is 0.510 e. The van der Waals surface area contributed by atoms with E-state index in [9.17, 15) is 9.59 Å². The molecule has 0 bridgehead atoms. The molecule has 2 unspecified atom stereocenters. The molecule has 1 aliphatic rings. The van der Waals surface area contributed by atoms with Crippen LogP contribution in [0.25, 0.3) is 11.1 Å². The summed E-state index contributed by atoms with van der Waals surface area (Å²) in [6.07, 6.45) is 0.960. The monoisotopic (exact) mass is 352 g/mol. The zero-order chi connectivity index (χ0) is 18.6. The molecule has 134 valence electrons. The topological polar surface area (TPSA) is 61.8 Å². The van der Waals surface area contributed by atoms with Crippen molar-refractivity contribution in [3.05, 3.63) is 72.3 Å². The second kappa shape index (κ2) is 7.54. The SMILES string of the molecule is CCOC(=O)OC1C=CC(=O)C(C)(c2ccc(-c3ccccc3)cc2)O1. The van der Waals surface area contributed by atoms with Crippen molar-refractivity contribution < 1.29 is 23.8 Å². The number of carbonyl (C=O) groups excluding carboxylic acids is 2. The predicted molar refractivity (Wildman–Crippen MR) is 96.4 cm³/mol. The van der Waals surface area contributed by atoms with Gasteiger partial charge in [0.25, 0.3) is 0 Å². The number of rotatable bonds is 4. The summed E-state index contributed by atoms with van der Waals surface area (Å²) in [6.45, 7) is 3.55. The number of ketones is 1. The van der Waals surface area contributed by atoms with Crippen molar-refractivity contribution in [3.8, 4) is 11.1 Å². The number of hydrogen-bond donors (Lipinski definition) is 0. The molecule has 0 spiro atoms. The Bertz CT molecular complexity index is 810. The van der Waals surface area contributed by atoms with Crippen LogP contribution in [-0.4, -0.2) is 24.8 Å². The standard InChI is InChI=1S/C21H20O5/c1-3-24-20(23)25-19-14-13-18(22)21(2,26-19)17-11-9-16(10-12-17)15-7-5-4-6-8-15/h4-14,19H,3H2,1-2H3. The van der Waals surface area contributed by atoms with Crippen LogP contribution in [0.15, 0.2) is 66.7 Å². The average molecular weight is 352 g/mol. The Morgan fingerprint density at radius 2 is 1.73 bits per heavy atom. The van der Waals surface area contributed by atoms with Gasteiger partial charge < -0.3 is 14.2 Å². The number of ether oxygens (including phenoxy) is 3. The summed E-state index contributed by atoms with van der Waals surface area (Å²) in [6, 6.07) is 17.5. The van der Waals surface area contributed by atoms with Gasteiger partial charge >= 0.3 is 6.16 Å². The molecule has 0 saturated carbocycles. The zero-order valence-corrected chi connectivity index (χ0v) is 14.7. The predicted octanol–water partition coefficient (Wildman–Crippen LogP) is 4.22. The van der Waals surface area contributed by atoms with Crippen molar-refractivity contribution in [1.29, 1.82) is 0 Å². The second-order valence-electron chi connectivity index (χ2n) is 5.99. The van der Waals surface area contributed by atoms with E-state index >= 15 is 0 Å². The van der Waals surface area contributed by atoms with Gasteiger partial charge in [-0.25, -0.2) is 4.79 Å². The van der Waals surface area contributed by atoms with Gasteiger partial charge in [0.15, 0.2) is 11.4 Å². The molecule has 0 radical (unpaired) electrons. The molecule has 0 saturated heterocycles. The Labute approximate surface area is 152 Å². The van der Waals surface area contributed by atoms with Gasteiger partial charge in [-0.05, 0) is 42.7 Å². The molecular weight excluding hydrogens is 332 g/mol. The van der Waals surface area contributed by atoms with Crippen molar-refractivity contribution in [3.63, 3.8) is 0 Å². The molecule has 3 rings (SSSR count). The van der Waals surface area contributed by atoms with E-state index in [4.69, 9.17) is 14.2 Å². The van der Waals surface area contributed by atoms with E-state index in [2.05, 4.69) is 0 Å². The Hall–Kier alpha value is -2.92. The minimum Gasteiger partial charge on any atom is -0.435 e. The molecule has 5 heteroatoms. The van der Waals surface area contributed by atoms with Crippen molar-refractivity contribution in [2.45, 2.75) is 25.7 Å². The van der Waals surface area contributed by atoms with Crippen molar-refractivity contribution in [2.24, 2.45) is 0 Å². The Balaban J connectivity index is 1.81. The minimum atomic E-state index is -1.23. The summed E-state index contributed by atoms with van der Waals surface area (Å²) < 4.78 is 15.6. The van der Waals surface area contributed by atoms with Crippen LogP contribution in [0, 0.1) is 0 Å². The van der Waals surface area contributed by atoms with Gasteiger partial charge in [-0.3, -0.25) is 4.79 Å². The number of carbonyl (C=O) groups is 2. The first-order chi connectivity index (χ1) is 12.5. The van der Waals surface area contributed by atoms with Crippen LogP contribution in [0.4, 0.5) is 4.79 Å². The van der Waals surface area contributed by atoms with Crippen molar-refractivity contribution >= 4 is 11.9 Å².